The monoisotopic (exact) mass is 377 g/mol. The molecule has 1 aromatic carbocycles. The average molecular weight is 379 g/mol. The Morgan fingerprint density at radius 2 is 2.29 bits per heavy atom. The van der Waals surface area contributed by atoms with Crippen LogP contribution in [-0.2, 0) is 5.33 Å². The van der Waals surface area contributed by atoms with Crippen LogP contribution in [0.3, 0.4) is 0 Å². The van der Waals surface area contributed by atoms with Gasteiger partial charge in [0.15, 0.2) is 0 Å². The molecule has 1 atom stereocenters. The Kier molecular flexibility index (Phi) is 5.25. The van der Waals surface area contributed by atoms with Crippen molar-refractivity contribution < 1.29 is 0 Å². The first kappa shape index (κ1) is 13.8. The van der Waals surface area contributed by atoms with Crippen molar-refractivity contribution in [3.05, 3.63) is 28.2 Å². The first-order valence-corrected chi connectivity index (χ1v) is 8.92. The maximum atomic E-state index is 3.58. The van der Waals surface area contributed by atoms with Crippen LogP contribution in [0, 0.1) is 0 Å². The van der Waals surface area contributed by atoms with E-state index in [0.29, 0.717) is 0 Å². The van der Waals surface area contributed by atoms with E-state index in [1.54, 1.807) is 0 Å². The second kappa shape index (κ2) is 6.48. The highest BCUT2D eigenvalue weighted by molar-refractivity contribution is 9.10. The average Bonchev–Trinajstić information content (AvgIpc) is 2.39. The number of thioether (sulfide) groups is 1. The summed E-state index contributed by atoms with van der Waals surface area (Å²) < 4.78 is 1.17. The summed E-state index contributed by atoms with van der Waals surface area (Å²) in [4.78, 5) is 2.53. The Bertz CT molecular complexity index is 384. The van der Waals surface area contributed by atoms with Crippen molar-refractivity contribution in [3.63, 3.8) is 0 Å². The zero-order valence-corrected chi connectivity index (χ0v) is 13.9. The van der Waals surface area contributed by atoms with Crippen LogP contribution < -0.4 is 4.90 Å². The Labute approximate surface area is 125 Å². The van der Waals surface area contributed by atoms with Gasteiger partial charge in [-0.15, -0.1) is 0 Å². The summed E-state index contributed by atoms with van der Waals surface area (Å²) in [7, 11) is 0. The Balaban J connectivity index is 2.22. The molecule has 0 N–H and O–H groups in total. The van der Waals surface area contributed by atoms with E-state index < -0.39 is 0 Å². The molecule has 0 radical (unpaired) electrons. The number of alkyl halides is 1. The van der Waals surface area contributed by atoms with Gasteiger partial charge in [0.05, 0.1) is 0 Å². The summed E-state index contributed by atoms with van der Waals surface area (Å²) >= 11 is 9.28. The maximum Gasteiger partial charge on any atom is 0.0419 e. The molecule has 1 aliphatic rings. The van der Waals surface area contributed by atoms with Crippen molar-refractivity contribution in [2.75, 3.05) is 23.7 Å². The van der Waals surface area contributed by atoms with E-state index in [1.165, 1.54) is 34.4 Å². The summed E-state index contributed by atoms with van der Waals surface area (Å²) in [5.41, 5.74) is 2.77. The van der Waals surface area contributed by atoms with Crippen LogP contribution in [0.4, 0.5) is 5.69 Å². The van der Waals surface area contributed by atoms with E-state index in [4.69, 9.17) is 0 Å². The van der Waals surface area contributed by atoms with E-state index in [-0.39, 0.29) is 0 Å². The molecule has 1 heterocycles. The lowest BCUT2D eigenvalue weighted by atomic mass is 10.1. The highest BCUT2D eigenvalue weighted by Gasteiger charge is 2.20. The molecule has 2 rings (SSSR count). The van der Waals surface area contributed by atoms with E-state index in [1.807, 2.05) is 0 Å². The normalized spacial score (nSPS) is 20.6. The van der Waals surface area contributed by atoms with Gasteiger partial charge in [-0.1, -0.05) is 44.8 Å². The first-order valence-electron chi connectivity index (χ1n) is 5.95. The molecular weight excluding hydrogens is 362 g/mol. The van der Waals surface area contributed by atoms with Gasteiger partial charge < -0.3 is 4.90 Å². The van der Waals surface area contributed by atoms with Gasteiger partial charge in [0.2, 0.25) is 0 Å². The predicted molar refractivity (Wildman–Crippen MR) is 85.5 cm³/mol. The fourth-order valence-corrected chi connectivity index (χ4v) is 4.13. The van der Waals surface area contributed by atoms with Crippen molar-refractivity contribution >= 4 is 49.3 Å². The Morgan fingerprint density at radius 3 is 3.00 bits per heavy atom. The molecule has 0 spiro atoms. The van der Waals surface area contributed by atoms with Crippen molar-refractivity contribution in [2.45, 2.75) is 23.9 Å². The van der Waals surface area contributed by atoms with Gasteiger partial charge in [-0.2, -0.15) is 11.8 Å². The topological polar surface area (TPSA) is 3.24 Å². The molecule has 1 aliphatic heterocycles. The summed E-state index contributed by atoms with van der Waals surface area (Å²) in [6.07, 6.45) is 1.26. The van der Waals surface area contributed by atoms with Crippen LogP contribution in [0.15, 0.2) is 22.7 Å². The van der Waals surface area contributed by atoms with Crippen molar-refractivity contribution in [1.82, 2.24) is 0 Å². The molecule has 0 aliphatic carbocycles. The second-order valence-corrected chi connectivity index (χ2v) is 7.14. The zero-order chi connectivity index (χ0) is 12.3. The molecule has 0 saturated carbocycles. The predicted octanol–water partition coefficient (Wildman–Crippen LogP) is 4.68. The van der Waals surface area contributed by atoms with Gasteiger partial charge in [0, 0.05) is 39.6 Å². The molecule has 0 bridgehead atoms. The molecule has 0 aromatic heterocycles. The summed E-state index contributed by atoms with van der Waals surface area (Å²) in [5, 5.41) is 1.71. The number of benzene rings is 1. The fraction of sp³-hybridized carbons (Fsp3) is 0.538. The van der Waals surface area contributed by atoms with Gasteiger partial charge in [0.25, 0.3) is 0 Å². The molecule has 4 heteroatoms. The lowest BCUT2D eigenvalue weighted by Gasteiger charge is -2.35. The summed E-state index contributed by atoms with van der Waals surface area (Å²) in [6.45, 7) is 4.63. The number of hydrogen-bond donors (Lipinski definition) is 0. The van der Waals surface area contributed by atoms with Crippen molar-refractivity contribution in [1.29, 1.82) is 0 Å². The van der Waals surface area contributed by atoms with Crippen LogP contribution in [0.2, 0.25) is 0 Å². The van der Waals surface area contributed by atoms with Crippen LogP contribution in [0.25, 0.3) is 0 Å². The van der Waals surface area contributed by atoms with E-state index in [9.17, 15) is 0 Å². The van der Waals surface area contributed by atoms with Crippen LogP contribution in [0.5, 0.6) is 0 Å². The minimum Gasteiger partial charge on any atom is -0.369 e. The SMILES string of the molecule is CCC1CN(c2cc(Br)ccc2CBr)CCS1. The van der Waals surface area contributed by atoms with E-state index >= 15 is 0 Å². The van der Waals surface area contributed by atoms with Crippen LogP contribution in [-0.4, -0.2) is 24.1 Å². The molecule has 1 fully saturated rings. The highest BCUT2D eigenvalue weighted by atomic mass is 79.9. The number of rotatable bonds is 3. The largest absolute Gasteiger partial charge is 0.369 e. The third-order valence-electron chi connectivity index (χ3n) is 3.13. The lowest BCUT2D eigenvalue weighted by Crippen LogP contribution is -2.38. The molecule has 1 nitrogen and oxygen atoms in total. The third kappa shape index (κ3) is 3.42. The van der Waals surface area contributed by atoms with Crippen LogP contribution in [0.1, 0.15) is 18.9 Å². The van der Waals surface area contributed by atoms with Crippen molar-refractivity contribution in [2.24, 2.45) is 0 Å². The molecule has 1 aromatic rings. The van der Waals surface area contributed by atoms with E-state index in [2.05, 4.69) is 73.6 Å². The number of halogens is 2. The molecule has 0 amide bonds. The minimum absolute atomic E-state index is 0.783. The van der Waals surface area contributed by atoms with Gasteiger partial charge in [-0.05, 0) is 24.1 Å². The highest BCUT2D eigenvalue weighted by Crippen LogP contribution is 2.31. The standard InChI is InChI=1S/C13H17Br2NS/c1-2-12-9-16(5-6-17-12)13-7-11(15)4-3-10(13)8-14/h3-4,7,12H,2,5-6,8-9H2,1H3. The van der Waals surface area contributed by atoms with Gasteiger partial charge in [0.1, 0.15) is 0 Å². The summed E-state index contributed by atoms with van der Waals surface area (Å²) in [5.74, 6) is 1.24. The fourth-order valence-electron chi connectivity index (χ4n) is 2.13. The van der Waals surface area contributed by atoms with Gasteiger partial charge >= 0.3 is 0 Å². The number of nitrogens with zero attached hydrogens (tertiary/aromatic N) is 1. The van der Waals surface area contributed by atoms with Gasteiger partial charge in [-0.25, -0.2) is 0 Å². The summed E-state index contributed by atoms with van der Waals surface area (Å²) in [6, 6.07) is 6.58. The lowest BCUT2D eigenvalue weighted by molar-refractivity contribution is 0.726. The molecule has 1 unspecified atom stereocenters. The number of anilines is 1. The molecule has 1 saturated heterocycles. The van der Waals surface area contributed by atoms with Crippen LogP contribution >= 0.6 is 43.6 Å². The number of hydrogen-bond acceptors (Lipinski definition) is 2. The van der Waals surface area contributed by atoms with E-state index in [0.717, 1.165) is 17.1 Å². The molecular formula is C13H17Br2NS. The first-order chi connectivity index (χ1) is 8.24. The maximum absolute atomic E-state index is 3.58. The Hall–Kier alpha value is 0.330. The second-order valence-electron chi connectivity index (χ2n) is 4.25. The minimum atomic E-state index is 0.783. The quantitative estimate of drug-likeness (QED) is 0.702. The third-order valence-corrected chi connectivity index (χ3v) is 5.60. The zero-order valence-electron chi connectivity index (χ0n) is 9.96. The smallest absolute Gasteiger partial charge is 0.0419 e. The van der Waals surface area contributed by atoms with Gasteiger partial charge in [-0.3, -0.25) is 0 Å². The van der Waals surface area contributed by atoms with Crippen molar-refractivity contribution in [3.8, 4) is 0 Å². The molecule has 94 valence electrons. The Morgan fingerprint density at radius 1 is 1.47 bits per heavy atom. The molecule has 17 heavy (non-hydrogen) atoms.